The molecule has 4 aromatic rings. The third-order valence-corrected chi connectivity index (χ3v) is 8.49. The highest BCUT2D eigenvalue weighted by atomic mass is 32.2. The number of amides is 1. The molecule has 1 amide bonds. The summed E-state index contributed by atoms with van der Waals surface area (Å²) in [6, 6.07) is 14.8. The van der Waals surface area contributed by atoms with Crippen molar-refractivity contribution in [2.24, 2.45) is 10.8 Å². The fourth-order valence-electron chi connectivity index (χ4n) is 6.64. The number of nitrogens with zero attached hydrogens (tertiary/aromatic N) is 5. The molecule has 1 aliphatic heterocycles. The molecule has 36 heavy (non-hydrogen) atoms. The highest BCUT2D eigenvalue weighted by Crippen LogP contribution is 2.52. The first-order valence-corrected chi connectivity index (χ1v) is 13.5. The van der Waals surface area contributed by atoms with Crippen LogP contribution in [0.5, 0.6) is 0 Å². The summed E-state index contributed by atoms with van der Waals surface area (Å²) in [5.41, 5.74) is 3.90. The minimum Gasteiger partial charge on any atom is -0.338 e. The molecule has 2 aromatic carbocycles. The maximum Gasteiger partial charge on any atom is 0.233 e. The van der Waals surface area contributed by atoms with Gasteiger partial charge in [0, 0.05) is 24.5 Å². The highest BCUT2D eigenvalue weighted by Gasteiger charge is 2.50. The molecule has 2 fully saturated rings. The second-order valence-corrected chi connectivity index (χ2v) is 12.5. The van der Waals surface area contributed by atoms with Crippen molar-refractivity contribution < 1.29 is 9.18 Å². The summed E-state index contributed by atoms with van der Waals surface area (Å²) in [7, 11) is 0. The molecule has 2 bridgehead atoms. The number of aromatic nitrogens is 4. The van der Waals surface area contributed by atoms with Gasteiger partial charge in [-0.1, -0.05) is 62.9 Å². The molecule has 1 saturated heterocycles. The lowest BCUT2D eigenvalue weighted by molar-refractivity contribution is -0.129. The molecule has 2 aromatic heterocycles. The van der Waals surface area contributed by atoms with Gasteiger partial charge in [0.05, 0.1) is 11.3 Å². The van der Waals surface area contributed by atoms with Gasteiger partial charge in [-0.15, -0.1) is 10.2 Å². The molecule has 8 heteroatoms. The summed E-state index contributed by atoms with van der Waals surface area (Å²) in [5.74, 6) is 0.202. The van der Waals surface area contributed by atoms with Crippen LogP contribution in [0, 0.1) is 16.6 Å². The number of thioether (sulfide) groups is 1. The molecule has 0 N–H and O–H groups in total. The van der Waals surface area contributed by atoms with E-state index in [1.165, 1.54) is 23.9 Å². The normalized spacial score (nSPS) is 23.0. The maximum absolute atomic E-state index is 13.4. The molecule has 0 radical (unpaired) electrons. The van der Waals surface area contributed by atoms with E-state index in [2.05, 4.69) is 40.4 Å². The van der Waals surface area contributed by atoms with Gasteiger partial charge in [0.25, 0.3) is 0 Å². The number of fused-ring (bicyclic) bond motifs is 5. The Morgan fingerprint density at radius 1 is 1.08 bits per heavy atom. The number of hydrogen-bond acceptors (Lipinski definition) is 5. The van der Waals surface area contributed by atoms with Crippen molar-refractivity contribution in [1.82, 2.24) is 24.6 Å². The van der Waals surface area contributed by atoms with E-state index >= 15 is 0 Å². The van der Waals surface area contributed by atoms with E-state index in [1.807, 2.05) is 24.3 Å². The molecule has 2 atom stereocenters. The van der Waals surface area contributed by atoms with Gasteiger partial charge in [-0.25, -0.2) is 9.37 Å². The summed E-state index contributed by atoms with van der Waals surface area (Å²) in [6.45, 7) is 8.34. The number of benzene rings is 2. The second kappa shape index (κ2) is 8.54. The molecule has 2 aliphatic rings. The van der Waals surface area contributed by atoms with Crippen molar-refractivity contribution >= 4 is 39.7 Å². The molecule has 186 valence electrons. The van der Waals surface area contributed by atoms with Crippen molar-refractivity contribution in [1.29, 1.82) is 0 Å². The number of carbonyl (C=O) groups excluding carboxylic acids is 1. The Morgan fingerprint density at radius 2 is 1.86 bits per heavy atom. The van der Waals surface area contributed by atoms with E-state index in [-0.39, 0.29) is 22.6 Å². The zero-order valence-electron chi connectivity index (χ0n) is 20.9. The largest absolute Gasteiger partial charge is 0.338 e. The van der Waals surface area contributed by atoms with Gasteiger partial charge >= 0.3 is 0 Å². The van der Waals surface area contributed by atoms with Gasteiger partial charge in [-0.3, -0.25) is 4.79 Å². The predicted molar refractivity (Wildman–Crippen MR) is 140 cm³/mol. The number of likely N-dealkylation sites (tertiary alicyclic amines) is 1. The van der Waals surface area contributed by atoms with Crippen molar-refractivity contribution in [3.8, 4) is 0 Å². The standard InChI is InChI=1S/C28H30FN5OS/c1-27(2)12-20-13-28(3,16-27)17-34(20)23(35)15-36-26-30-25-24(31-32-26)21-6-4-5-7-22(21)33(25)14-18-8-10-19(29)11-9-18/h4-11,20H,12-17H2,1-3H3. The Labute approximate surface area is 214 Å². The van der Waals surface area contributed by atoms with E-state index in [4.69, 9.17) is 4.98 Å². The van der Waals surface area contributed by atoms with Crippen LogP contribution in [0.15, 0.2) is 53.7 Å². The van der Waals surface area contributed by atoms with Gasteiger partial charge in [-0.2, -0.15) is 0 Å². The molecule has 6 nitrogen and oxygen atoms in total. The van der Waals surface area contributed by atoms with Crippen LogP contribution in [0.25, 0.3) is 22.1 Å². The van der Waals surface area contributed by atoms with E-state index in [9.17, 15) is 9.18 Å². The molecule has 3 heterocycles. The quantitative estimate of drug-likeness (QED) is 0.328. The fourth-order valence-corrected chi connectivity index (χ4v) is 7.31. The molecule has 0 spiro atoms. The number of halogens is 1. The van der Waals surface area contributed by atoms with E-state index in [0.717, 1.165) is 53.4 Å². The van der Waals surface area contributed by atoms with Gasteiger partial charge in [0.15, 0.2) is 5.65 Å². The lowest BCUT2D eigenvalue weighted by Crippen LogP contribution is -2.38. The van der Waals surface area contributed by atoms with Crippen LogP contribution in [0.4, 0.5) is 4.39 Å². The van der Waals surface area contributed by atoms with Crippen LogP contribution < -0.4 is 0 Å². The Bertz CT molecular complexity index is 1470. The average molecular weight is 504 g/mol. The van der Waals surface area contributed by atoms with Gasteiger partial charge in [-0.05, 0) is 53.9 Å². The summed E-state index contributed by atoms with van der Waals surface area (Å²) in [6.07, 6.45) is 3.32. The predicted octanol–water partition coefficient (Wildman–Crippen LogP) is 5.69. The summed E-state index contributed by atoms with van der Waals surface area (Å²) >= 11 is 1.35. The van der Waals surface area contributed by atoms with Crippen molar-refractivity contribution in [3.05, 3.63) is 59.9 Å². The number of hydrogen-bond donors (Lipinski definition) is 0. The summed E-state index contributed by atoms with van der Waals surface area (Å²) < 4.78 is 15.5. The van der Waals surface area contributed by atoms with E-state index < -0.39 is 0 Å². The van der Waals surface area contributed by atoms with Crippen molar-refractivity contribution in [3.63, 3.8) is 0 Å². The van der Waals surface area contributed by atoms with Crippen molar-refractivity contribution in [2.75, 3.05) is 12.3 Å². The van der Waals surface area contributed by atoms with E-state index in [0.29, 0.717) is 23.5 Å². The van der Waals surface area contributed by atoms with Crippen LogP contribution in [0.1, 0.15) is 45.6 Å². The van der Waals surface area contributed by atoms with E-state index in [1.54, 1.807) is 12.1 Å². The molecule has 6 rings (SSSR count). The second-order valence-electron chi connectivity index (χ2n) is 11.5. The van der Waals surface area contributed by atoms with Crippen LogP contribution >= 0.6 is 11.8 Å². The topological polar surface area (TPSA) is 63.9 Å². The third-order valence-electron chi connectivity index (χ3n) is 7.67. The molecule has 1 saturated carbocycles. The highest BCUT2D eigenvalue weighted by molar-refractivity contribution is 7.99. The third kappa shape index (κ3) is 4.25. The van der Waals surface area contributed by atoms with Crippen LogP contribution in [-0.4, -0.2) is 48.9 Å². The number of para-hydroxylation sites is 1. The molecule has 2 unspecified atom stereocenters. The van der Waals surface area contributed by atoms with Gasteiger partial charge in [0.2, 0.25) is 11.1 Å². The summed E-state index contributed by atoms with van der Waals surface area (Å²) in [5, 5.41) is 10.3. The first-order valence-electron chi connectivity index (χ1n) is 12.5. The van der Waals surface area contributed by atoms with Crippen molar-refractivity contribution in [2.45, 2.75) is 57.8 Å². The van der Waals surface area contributed by atoms with Crippen LogP contribution in [0.2, 0.25) is 0 Å². The van der Waals surface area contributed by atoms with Gasteiger partial charge < -0.3 is 9.47 Å². The Morgan fingerprint density at radius 3 is 2.67 bits per heavy atom. The zero-order chi connectivity index (χ0) is 25.1. The molecule has 1 aliphatic carbocycles. The Balaban J connectivity index is 1.26. The smallest absolute Gasteiger partial charge is 0.233 e. The zero-order valence-corrected chi connectivity index (χ0v) is 21.7. The van der Waals surface area contributed by atoms with Crippen LogP contribution in [-0.2, 0) is 11.3 Å². The van der Waals surface area contributed by atoms with Crippen LogP contribution in [0.3, 0.4) is 0 Å². The van der Waals surface area contributed by atoms with Gasteiger partial charge in [0.1, 0.15) is 11.3 Å². The first-order chi connectivity index (χ1) is 17.2. The first kappa shape index (κ1) is 23.4. The average Bonchev–Trinajstić information content (AvgIpc) is 3.28. The SMILES string of the molecule is CC1(C)CC2CC(C)(CN2C(=O)CSc2nnc3c4ccccc4n(Cc4ccc(F)cc4)c3n2)C1. The lowest BCUT2D eigenvalue weighted by Gasteiger charge is -2.39. The Kier molecular flexibility index (Phi) is 5.55. The summed E-state index contributed by atoms with van der Waals surface area (Å²) in [4.78, 5) is 20.2. The number of rotatable bonds is 5. The fraction of sp³-hybridized carbons (Fsp3) is 0.429. The minimum atomic E-state index is -0.257. The number of carbonyl (C=O) groups is 1. The lowest BCUT2D eigenvalue weighted by atomic mass is 9.65. The molecular formula is C28H30FN5OS. The maximum atomic E-state index is 13.4. The minimum absolute atomic E-state index is 0.155. The Hall–Kier alpha value is -3.00. The molecular weight excluding hydrogens is 473 g/mol. The monoisotopic (exact) mass is 503 g/mol.